The molecule has 0 saturated heterocycles. The van der Waals surface area contributed by atoms with Gasteiger partial charge in [0.15, 0.2) is 0 Å². The highest BCUT2D eigenvalue weighted by atomic mass is 35.5. The molecule has 1 saturated carbocycles. The van der Waals surface area contributed by atoms with Crippen LogP contribution in [-0.2, 0) is 0 Å². The summed E-state index contributed by atoms with van der Waals surface area (Å²) in [6, 6.07) is 8.52. The molecule has 0 amide bonds. The Morgan fingerprint density at radius 1 is 1.38 bits per heavy atom. The number of halogens is 1. The maximum Gasteiger partial charge on any atom is 0.0422 e. The molecule has 0 radical (unpaired) electrons. The minimum absolute atomic E-state index is 0.0410. The number of nitrogens with two attached hydrogens (primary N) is 1. The van der Waals surface area contributed by atoms with Crippen molar-refractivity contribution in [1.29, 1.82) is 0 Å². The Labute approximate surface area is 102 Å². The van der Waals surface area contributed by atoms with Gasteiger partial charge in [-0.05, 0) is 30.5 Å². The lowest BCUT2D eigenvalue weighted by molar-refractivity contribution is 0.492. The van der Waals surface area contributed by atoms with Crippen molar-refractivity contribution in [2.24, 2.45) is 5.73 Å². The van der Waals surface area contributed by atoms with Crippen molar-refractivity contribution < 1.29 is 0 Å². The fourth-order valence-electron chi connectivity index (χ4n) is 2.28. The van der Waals surface area contributed by atoms with Gasteiger partial charge < -0.3 is 11.1 Å². The predicted molar refractivity (Wildman–Crippen MR) is 68.6 cm³/mol. The molecule has 2 rings (SSSR count). The maximum atomic E-state index is 6.12. The van der Waals surface area contributed by atoms with E-state index in [2.05, 4.69) is 5.32 Å². The van der Waals surface area contributed by atoms with Crippen molar-refractivity contribution in [3.63, 3.8) is 0 Å². The van der Waals surface area contributed by atoms with Crippen molar-refractivity contribution in [3.8, 4) is 0 Å². The normalized spacial score (nSPS) is 18.9. The summed E-state index contributed by atoms with van der Waals surface area (Å²) >= 11 is 5.94. The fourth-order valence-corrected chi connectivity index (χ4v) is 2.48. The van der Waals surface area contributed by atoms with E-state index >= 15 is 0 Å². The Morgan fingerprint density at radius 3 is 2.81 bits per heavy atom. The third-order valence-electron chi connectivity index (χ3n) is 3.26. The highest BCUT2D eigenvalue weighted by Gasteiger charge is 2.15. The summed E-state index contributed by atoms with van der Waals surface area (Å²) in [5.41, 5.74) is 7.23. The fraction of sp³-hybridized carbons (Fsp3) is 0.538. The maximum absolute atomic E-state index is 6.12. The van der Waals surface area contributed by atoms with Gasteiger partial charge in [0.1, 0.15) is 0 Å². The molecular weight excluding hydrogens is 220 g/mol. The van der Waals surface area contributed by atoms with Crippen LogP contribution in [0.15, 0.2) is 24.3 Å². The average Bonchev–Trinajstić information content (AvgIpc) is 2.78. The molecule has 1 aromatic rings. The topological polar surface area (TPSA) is 38.0 Å². The van der Waals surface area contributed by atoms with Gasteiger partial charge in [0.25, 0.3) is 0 Å². The Morgan fingerprint density at radius 2 is 2.12 bits per heavy atom. The molecular formula is C13H19ClN2. The Bertz CT molecular complexity index is 334. The summed E-state index contributed by atoms with van der Waals surface area (Å²) in [7, 11) is 0. The lowest BCUT2D eigenvalue weighted by Crippen LogP contribution is -2.33. The van der Waals surface area contributed by atoms with Crippen LogP contribution in [0, 0.1) is 0 Å². The van der Waals surface area contributed by atoms with Crippen LogP contribution >= 0.6 is 11.6 Å². The van der Waals surface area contributed by atoms with E-state index in [1.165, 1.54) is 25.7 Å². The molecule has 1 atom stereocenters. The smallest absolute Gasteiger partial charge is 0.0422 e. The first-order valence-corrected chi connectivity index (χ1v) is 6.38. The van der Waals surface area contributed by atoms with Gasteiger partial charge in [-0.3, -0.25) is 0 Å². The van der Waals surface area contributed by atoms with E-state index in [1.54, 1.807) is 0 Å². The Hall–Kier alpha value is -0.570. The molecule has 1 aliphatic rings. The number of hydrogen-bond acceptors (Lipinski definition) is 2. The summed E-state index contributed by atoms with van der Waals surface area (Å²) < 4.78 is 0. The van der Waals surface area contributed by atoms with Gasteiger partial charge >= 0.3 is 0 Å². The van der Waals surface area contributed by atoms with E-state index < -0.39 is 0 Å². The van der Waals surface area contributed by atoms with Crippen LogP contribution in [-0.4, -0.2) is 12.6 Å². The van der Waals surface area contributed by atoms with Crippen LogP contribution in [0.2, 0.25) is 5.02 Å². The van der Waals surface area contributed by atoms with Gasteiger partial charge in [-0.15, -0.1) is 0 Å². The van der Waals surface area contributed by atoms with E-state index in [-0.39, 0.29) is 6.04 Å². The van der Waals surface area contributed by atoms with Crippen molar-refractivity contribution in [3.05, 3.63) is 34.9 Å². The Balaban J connectivity index is 1.85. The van der Waals surface area contributed by atoms with Crippen LogP contribution in [0.3, 0.4) is 0 Å². The molecule has 0 bridgehead atoms. The molecule has 88 valence electrons. The zero-order valence-corrected chi connectivity index (χ0v) is 10.2. The second-order valence-corrected chi connectivity index (χ2v) is 4.99. The third kappa shape index (κ3) is 3.21. The second-order valence-electron chi connectivity index (χ2n) is 4.55. The minimum Gasteiger partial charge on any atom is -0.323 e. The lowest BCUT2D eigenvalue weighted by atomic mass is 10.1. The minimum atomic E-state index is 0.0410. The van der Waals surface area contributed by atoms with E-state index in [9.17, 15) is 0 Å². The van der Waals surface area contributed by atoms with Crippen LogP contribution in [0.1, 0.15) is 37.3 Å². The van der Waals surface area contributed by atoms with Crippen LogP contribution in [0.4, 0.5) is 0 Å². The first-order valence-electron chi connectivity index (χ1n) is 6.00. The van der Waals surface area contributed by atoms with Crippen molar-refractivity contribution in [2.75, 3.05) is 6.54 Å². The predicted octanol–water partition coefficient (Wildman–Crippen LogP) is 2.87. The Kier molecular flexibility index (Phi) is 4.22. The second kappa shape index (κ2) is 5.67. The van der Waals surface area contributed by atoms with E-state index in [4.69, 9.17) is 17.3 Å². The van der Waals surface area contributed by atoms with Crippen molar-refractivity contribution in [2.45, 2.75) is 37.8 Å². The van der Waals surface area contributed by atoms with Crippen molar-refractivity contribution in [1.82, 2.24) is 5.32 Å². The average molecular weight is 239 g/mol. The van der Waals surface area contributed by atoms with E-state index in [0.29, 0.717) is 6.04 Å². The number of hydrogen-bond donors (Lipinski definition) is 2. The lowest BCUT2D eigenvalue weighted by Gasteiger charge is -2.17. The van der Waals surface area contributed by atoms with Gasteiger partial charge in [-0.2, -0.15) is 0 Å². The largest absolute Gasteiger partial charge is 0.323 e. The molecule has 1 aliphatic carbocycles. The van der Waals surface area contributed by atoms with Gasteiger partial charge in [-0.25, -0.2) is 0 Å². The zero-order valence-electron chi connectivity index (χ0n) is 9.45. The van der Waals surface area contributed by atoms with Gasteiger partial charge in [0, 0.05) is 23.7 Å². The van der Waals surface area contributed by atoms with E-state index in [0.717, 1.165) is 17.1 Å². The first kappa shape index (κ1) is 11.9. The molecule has 0 aliphatic heterocycles. The van der Waals surface area contributed by atoms with Gasteiger partial charge in [0.2, 0.25) is 0 Å². The van der Waals surface area contributed by atoms with Crippen LogP contribution < -0.4 is 11.1 Å². The quantitative estimate of drug-likeness (QED) is 0.847. The summed E-state index contributed by atoms with van der Waals surface area (Å²) in [4.78, 5) is 0. The highest BCUT2D eigenvalue weighted by Crippen LogP contribution is 2.19. The molecule has 2 nitrogen and oxygen atoms in total. The summed E-state index contributed by atoms with van der Waals surface area (Å²) in [5, 5.41) is 4.29. The molecule has 0 spiro atoms. The number of benzene rings is 1. The van der Waals surface area contributed by atoms with Crippen LogP contribution in [0.25, 0.3) is 0 Å². The number of rotatable bonds is 4. The molecule has 1 aromatic carbocycles. The van der Waals surface area contributed by atoms with Gasteiger partial charge in [0.05, 0.1) is 0 Å². The first-order chi connectivity index (χ1) is 7.75. The molecule has 0 aromatic heterocycles. The monoisotopic (exact) mass is 238 g/mol. The zero-order chi connectivity index (χ0) is 11.4. The molecule has 3 N–H and O–H groups in total. The summed E-state index contributed by atoms with van der Waals surface area (Å²) in [6.07, 6.45) is 5.29. The van der Waals surface area contributed by atoms with Gasteiger partial charge in [-0.1, -0.05) is 36.6 Å². The summed E-state index contributed by atoms with van der Waals surface area (Å²) in [6.45, 7) is 0.838. The molecule has 1 unspecified atom stereocenters. The highest BCUT2D eigenvalue weighted by molar-refractivity contribution is 6.30. The summed E-state index contributed by atoms with van der Waals surface area (Å²) in [5.74, 6) is 0. The molecule has 0 heterocycles. The standard InChI is InChI=1S/C13H19ClN2/c14-11-5-3-4-10(8-11)13(15)9-16-12-6-1-2-7-12/h3-5,8,12-13,16H,1-2,6-7,9,15H2. The van der Waals surface area contributed by atoms with Crippen molar-refractivity contribution >= 4 is 11.6 Å². The third-order valence-corrected chi connectivity index (χ3v) is 3.49. The SMILES string of the molecule is NC(CNC1CCCC1)c1cccc(Cl)c1. The molecule has 3 heteroatoms. The molecule has 1 fully saturated rings. The number of nitrogens with one attached hydrogen (secondary N) is 1. The van der Waals surface area contributed by atoms with Crippen LogP contribution in [0.5, 0.6) is 0 Å². The van der Waals surface area contributed by atoms with E-state index in [1.807, 2.05) is 24.3 Å². The molecule has 16 heavy (non-hydrogen) atoms.